The predicted octanol–water partition coefficient (Wildman–Crippen LogP) is -0.143. The first-order chi connectivity index (χ1) is 9.31. The number of hydrogen-bond donors (Lipinski definition) is 4. The molecule has 0 spiro atoms. The smallest absolute Gasteiger partial charge is 0.357 e. The van der Waals surface area contributed by atoms with Gasteiger partial charge < -0.3 is 10.2 Å². The average molecular weight is 303 g/mol. The van der Waals surface area contributed by atoms with E-state index < -0.39 is 21.7 Å². The summed E-state index contributed by atoms with van der Waals surface area (Å²) in [5.74, 6) is -1.40. The molecule has 112 valence electrons. The van der Waals surface area contributed by atoms with Crippen molar-refractivity contribution in [1.82, 2.24) is 14.9 Å². The van der Waals surface area contributed by atoms with Crippen LogP contribution >= 0.6 is 0 Å². The normalized spacial score (nSPS) is 17.1. The Hall–Kier alpha value is -1.45. The minimum Gasteiger partial charge on any atom is -0.476 e. The molecule has 0 unspecified atom stereocenters. The third kappa shape index (κ3) is 2.84. The number of nitrogens with one attached hydrogen (secondary N) is 2. The number of nitrogens with zero attached hydrogens (tertiary/aromatic N) is 1. The summed E-state index contributed by atoms with van der Waals surface area (Å²) in [6, 6.07) is 0. The molecule has 0 atom stereocenters. The summed E-state index contributed by atoms with van der Waals surface area (Å²) in [6.45, 7) is 1.65. The van der Waals surface area contributed by atoms with Crippen LogP contribution in [0.5, 0.6) is 0 Å². The van der Waals surface area contributed by atoms with Gasteiger partial charge in [0.25, 0.3) is 0 Å². The lowest BCUT2D eigenvalue weighted by Crippen LogP contribution is -2.32. The maximum Gasteiger partial charge on any atom is 0.357 e. The first kappa shape index (κ1) is 14.9. The van der Waals surface area contributed by atoms with Crippen molar-refractivity contribution in [3.63, 3.8) is 0 Å². The van der Waals surface area contributed by atoms with Gasteiger partial charge in [0.2, 0.25) is 10.0 Å². The molecule has 1 aliphatic carbocycles. The third-order valence-corrected chi connectivity index (χ3v) is 5.16. The Labute approximate surface area is 116 Å². The molecule has 0 amide bonds. The number of sulfonamides is 1. The van der Waals surface area contributed by atoms with Gasteiger partial charge in [-0.15, -0.1) is 0 Å². The van der Waals surface area contributed by atoms with Gasteiger partial charge in [0.15, 0.2) is 5.69 Å². The number of aromatic amines is 1. The van der Waals surface area contributed by atoms with Crippen molar-refractivity contribution >= 4 is 16.0 Å². The predicted molar refractivity (Wildman–Crippen MR) is 68.8 cm³/mol. The third-order valence-electron chi connectivity index (χ3n) is 3.60. The van der Waals surface area contributed by atoms with Gasteiger partial charge in [0.1, 0.15) is 4.90 Å². The lowest BCUT2D eigenvalue weighted by Gasteiger charge is -2.14. The number of rotatable bonds is 7. The highest BCUT2D eigenvalue weighted by Gasteiger charge is 2.43. The lowest BCUT2D eigenvalue weighted by molar-refractivity contribution is 0.0686. The Morgan fingerprint density at radius 2 is 2.15 bits per heavy atom. The molecule has 2 rings (SSSR count). The zero-order valence-electron chi connectivity index (χ0n) is 11.0. The molecular weight excluding hydrogens is 286 g/mol. The standard InChI is InChI=1S/C11H17N3O5S/c1-7-9(8(10(16)17)14-13-7)20(18,19)12-6-11(2-3-11)4-5-15/h12,15H,2-6H2,1H3,(H,13,14)(H,16,17). The van der Waals surface area contributed by atoms with Gasteiger partial charge in [0, 0.05) is 13.2 Å². The number of carbonyl (C=O) groups is 1. The molecule has 8 nitrogen and oxygen atoms in total. The van der Waals surface area contributed by atoms with E-state index in [1.165, 1.54) is 6.92 Å². The van der Waals surface area contributed by atoms with E-state index >= 15 is 0 Å². The summed E-state index contributed by atoms with van der Waals surface area (Å²) in [7, 11) is -3.94. The fourth-order valence-corrected chi connectivity index (χ4v) is 3.62. The number of carboxylic acid groups (broad SMARTS) is 1. The summed E-state index contributed by atoms with van der Waals surface area (Å²) < 4.78 is 26.9. The SMILES string of the molecule is Cc1[nH]nc(C(=O)O)c1S(=O)(=O)NCC1(CCO)CC1. The number of aromatic nitrogens is 2. The number of aliphatic hydroxyl groups excluding tert-OH is 1. The Kier molecular flexibility index (Phi) is 3.85. The molecule has 0 saturated heterocycles. The minimum atomic E-state index is -3.94. The van der Waals surface area contributed by atoms with E-state index in [4.69, 9.17) is 10.2 Å². The Morgan fingerprint density at radius 1 is 1.50 bits per heavy atom. The molecule has 0 bridgehead atoms. The van der Waals surface area contributed by atoms with Crippen molar-refractivity contribution in [2.24, 2.45) is 5.41 Å². The number of aryl methyl sites for hydroxylation is 1. The van der Waals surface area contributed by atoms with E-state index in [0.717, 1.165) is 12.8 Å². The van der Waals surface area contributed by atoms with Crippen molar-refractivity contribution in [1.29, 1.82) is 0 Å². The summed E-state index contributed by atoms with van der Waals surface area (Å²) >= 11 is 0. The van der Waals surface area contributed by atoms with Crippen LogP contribution in [0.3, 0.4) is 0 Å². The second-order valence-corrected chi connectivity index (χ2v) is 6.83. The molecule has 1 fully saturated rings. The van der Waals surface area contributed by atoms with Crippen molar-refractivity contribution in [3.05, 3.63) is 11.4 Å². The monoisotopic (exact) mass is 303 g/mol. The van der Waals surface area contributed by atoms with Gasteiger partial charge in [-0.05, 0) is 31.6 Å². The number of aromatic carboxylic acids is 1. The molecule has 1 heterocycles. The van der Waals surface area contributed by atoms with Gasteiger partial charge >= 0.3 is 5.97 Å². The number of hydrogen-bond acceptors (Lipinski definition) is 5. The minimum absolute atomic E-state index is 0.00679. The van der Waals surface area contributed by atoms with Crippen LogP contribution in [-0.4, -0.2) is 47.9 Å². The summed E-state index contributed by atoms with van der Waals surface area (Å²) in [4.78, 5) is 10.7. The van der Waals surface area contributed by atoms with E-state index in [9.17, 15) is 13.2 Å². The molecule has 4 N–H and O–H groups in total. The Bertz CT molecular complexity index is 618. The van der Waals surface area contributed by atoms with Crippen molar-refractivity contribution in [3.8, 4) is 0 Å². The van der Waals surface area contributed by atoms with Gasteiger partial charge in [-0.2, -0.15) is 5.10 Å². The molecule has 1 saturated carbocycles. The van der Waals surface area contributed by atoms with Gasteiger partial charge in [-0.1, -0.05) is 0 Å². The first-order valence-corrected chi connectivity index (χ1v) is 7.68. The molecule has 9 heteroatoms. The highest BCUT2D eigenvalue weighted by Crippen LogP contribution is 2.48. The number of aliphatic hydroxyl groups is 1. The highest BCUT2D eigenvalue weighted by atomic mass is 32.2. The van der Waals surface area contributed by atoms with E-state index in [2.05, 4.69) is 14.9 Å². The zero-order valence-corrected chi connectivity index (χ0v) is 11.8. The van der Waals surface area contributed by atoms with Crippen molar-refractivity contribution < 1.29 is 23.4 Å². The molecular formula is C11H17N3O5S. The zero-order chi connectivity index (χ0) is 15.0. The largest absolute Gasteiger partial charge is 0.476 e. The molecule has 0 aromatic carbocycles. The number of carboxylic acids is 1. The van der Waals surface area contributed by atoms with Crippen LogP contribution in [0.2, 0.25) is 0 Å². The molecule has 1 aromatic heterocycles. The lowest BCUT2D eigenvalue weighted by atomic mass is 10.0. The fourth-order valence-electron chi connectivity index (χ4n) is 2.14. The average Bonchev–Trinajstić information content (AvgIpc) is 3.00. The van der Waals surface area contributed by atoms with Gasteiger partial charge in [-0.25, -0.2) is 17.9 Å². The molecule has 20 heavy (non-hydrogen) atoms. The highest BCUT2D eigenvalue weighted by molar-refractivity contribution is 7.89. The number of H-pyrrole nitrogens is 1. The second kappa shape index (κ2) is 5.15. The van der Waals surface area contributed by atoms with E-state index in [-0.39, 0.29) is 29.2 Å². The molecule has 1 aliphatic rings. The van der Waals surface area contributed by atoms with Crippen LogP contribution in [0.4, 0.5) is 0 Å². The van der Waals surface area contributed by atoms with Crippen LogP contribution in [0, 0.1) is 12.3 Å². The van der Waals surface area contributed by atoms with Crippen LogP contribution in [0.1, 0.15) is 35.4 Å². The van der Waals surface area contributed by atoms with Gasteiger partial charge in [0.05, 0.1) is 5.69 Å². The van der Waals surface area contributed by atoms with Crippen LogP contribution in [0.25, 0.3) is 0 Å². The van der Waals surface area contributed by atoms with Crippen molar-refractivity contribution in [2.45, 2.75) is 31.1 Å². The van der Waals surface area contributed by atoms with Crippen LogP contribution < -0.4 is 4.72 Å². The molecule has 0 radical (unpaired) electrons. The Morgan fingerprint density at radius 3 is 2.65 bits per heavy atom. The first-order valence-electron chi connectivity index (χ1n) is 6.20. The van der Waals surface area contributed by atoms with E-state index in [1.807, 2.05) is 0 Å². The fraction of sp³-hybridized carbons (Fsp3) is 0.636. The van der Waals surface area contributed by atoms with E-state index in [1.54, 1.807) is 0 Å². The van der Waals surface area contributed by atoms with Crippen LogP contribution in [0.15, 0.2) is 4.90 Å². The maximum atomic E-state index is 12.2. The van der Waals surface area contributed by atoms with E-state index in [0.29, 0.717) is 6.42 Å². The quantitative estimate of drug-likeness (QED) is 0.554. The van der Waals surface area contributed by atoms with Gasteiger partial charge in [-0.3, -0.25) is 5.10 Å². The Balaban J connectivity index is 2.19. The summed E-state index contributed by atoms with van der Waals surface area (Å²) in [5.41, 5.74) is -0.521. The second-order valence-electron chi connectivity index (χ2n) is 5.13. The maximum absolute atomic E-state index is 12.2. The van der Waals surface area contributed by atoms with Crippen molar-refractivity contribution in [2.75, 3.05) is 13.2 Å². The summed E-state index contributed by atoms with van der Waals surface area (Å²) in [6.07, 6.45) is 2.24. The van der Waals surface area contributed by atoms with Crippen LogP contribution in [-0.2, 0) is 10.0 Å². The molecule has 1 aromatic rings. The topological polar surface area (TPSA) is 132 Å². The summed E-state index contributed by atoms with van der Waals surface area (Å²) in [5, 5.41) is 23.8. The molecule has 0 aliphatic heterocycles.